The first-order valence-electron chi connectivity index (χ1n) is 10.7. The van der Waals surface area contributed by atoms with E-state index in [1.165, 1.54) is 37.1 Å². The van der Waals surface area contributed by atoms with E-state index in [1.54, 1.807) is 0 Å². The lowest BCUT2D eigenvalue weighted by molar-refractivity contribution is -0.642. The van der Waals surface area contributed by atoms with Crippen molar-refractivity contribution in [2.45, 2.75) is 44.6 Å². The molecule has 0 bridgehead atoms. The van der Waals surface area contributed by atoms with Crippen LogP contribution in [0.2, 0.25) is 0 Å². The Kier molecular flexibility index (Phi) is 4.11. The van der Waals surface area contributed by atoms with Gasteiger partial charge in [0.15, 0.2) is 5.82 Å². The Hall–Kier alpha value is -3.48. The number of rotatable bonds is 5. The fraction of sp³-hybridized carbons (Fsp3) is 0.304. The molecular formula is C23H24N7+. The second kappa shape index (κ2) is 7.09. The minimum absolute atomic E-state index is 0.558. The van der Waals surface area contributed by atoms with Crippen LogP contribution in [0.15, 0.2) is 61.4 Å². The van der Waals surface area contributed by atoms with Crippen LogP contribution in [-0.2, 0) is 12.8 Å². The largest absolute Gasteiger partial charge is 0.310 e. The zero-order valence-electron chi connectivity index (χ0n) is 16.8. The summed E-state index contributed by atoms with van der Waals surface area (Å²) in [4.78, 5) is 4.61. The summed E-state index contributed by atoms with van der Waals surface area (Å²) >= 11 is 0. The van der Waals surface area contributed by atoms with Gasteiger partial charge in [0.25, 0.3) is 0 Å². The SMILES string of the molecule is c1cc(N[n+]2ccc(-n3cnc4c3CCCC4)cc2)cc(-c2nncn2C2CC2)c1. The van der Waals surface area contributed by atoms with Gasteiger partial charge in [0.1, 0.15) is 6.33 Å². The van der Waals surface area contributed by atoms with E-state index in [0.29, 0.717) is 6.04 Å². The molecule has 0 spiro atoms. The van der Waals surface area contributed by atoms with E-state index >= 15 is 0 Å². The van der Waals surface area contributed by atoms with Crippen molar-refractivity contribution >= 4 is 5.69 Å². The molecule has 3 heterocycles. The van der Waals surface area contributed by atoms with E-state index in [2.05, 4.69) is 66.1 Å². The van der Waals surface area contributed by atoms with Gasteiger partial charge in [-0.05, 0) is 50.7 Å². The number of anilines is 1. The van der Waals surface area contributed by atoms with Crippen molar-refractivity contribution in [2.75, 3.05) is 5.43 Å². The molecule has 1 fully saturated rings. The molecule has 0 aliphatic heterocycles. The van der Waals surface area contributed by atoms with E-state index in [1.807, 2.05) is 29.7 Å². The molecule has 7 heteroatoms. The number of imidazole rings is 1. The van der Waals surface area contributed by atoms with Crippen LogP contribution in [0.4, 0.5) is 5.69 Å². The number of aromatic nitrogens is 6. The van der Waals surface area contributed by atoms with Crippen molar-refractivity contribution in [1.29, 1.82) is 0 Å². The Morgan fingerprint density at radius 1 is 1.00 bits per heavy atom. The van der Waals surface area contributed by atoms with Gasteiger partial charge in [-0.1, -0.05) is 16.8 Å². The first-order valence-corrected chi connectivity index (χ1v) is 10.7. The number of hydrogen-bond donors (Lipinski definition) is 1. The fourth-order valence-electron chi connectivity index (χ4n) is 4.29. The lowest BCUT2D eigenvalue weighted by Crippen LogP contribution is -2.41. The number of hydrogen-bond acceptors (Lipinski definition) is 4. The monoisotopic (exact) mass is 398 g/mol. The Balaban J connectivity index is 1.23. The molecule has 150 valence electrons. The van der Waals surface area contributed by atoms with Crippen molar-refractivity contribution in [1.82, 2.24) is 24.3 Å². The molecule has 2 aliphatic rings. The van der Waals surface area contributed by atoms with Gasteiger partial charge in [-0.15, -0.1) is 10.2 Å². The van der Waals surface area contributed by atoms with Gasteiger partial charge in [-0.25, -0.2) is 4.98 Å². The summed E-state index contributed by atoms with van der Waals surface area (Å²) in [5, 5.41) is 8.46. The molecule has 0 amide bonds. The maximum atomic E-state index is 4.61. The van der Waals surface area contributed by atoms with Gasteiger partial charge >= 0.3 is 0 Å². The number of fused-ring (bicyclic) bond motifs is 1. The minimum atomic E-state index is 0.558. The summed E-state index contributed by atoms with van der Waals surface area (Å²) in [5.41, 5.74) is 9.29. The Bertz CT molecular complexity index is 1180. The van der Waals surface area contributed by atoms with Crippen molar-refractivity contribution in [3.8, 4) is 17.1 Å². The zero-order valence-corrected chi connectivity index (χ0v) is 16.8. The minimum Gasteiger partial charge on any atom is -0.310 e. The van der Waals surface area contributed by atoms with Gasteiger partial charge < -0.3 is 9.13 Å². The summed E-state index contributed by atoms with van der Waals surface area (Å²) < 4.78 is 6.38. The third kappa shape index (κ3) is 3.16. The number of nitrogens with zero attached hydrogens (tertiary/aromatic N) is 6. The van der Waals surface area contributed by atoms with Crippen LogP contribution in [0.1, 0.15) is 43.1 Å². The quantitative estimate of drug-likeness (QED) is 0.523. The van der Waals surface area contributed by atoms with Gasteiger partial charge in [-0.2, -0.15) is 5.43 Å². The molecule has 7 nitrogen and oxygen atoms in total. The predicted molar refractivity (Wildman–Crippen MR) is 113 cm³/mol. The molecule has 3 aromatic heterocycles. The zero-order chi connectivity index (χ0) is 19.9. The van der Waals surface area contributed by atoms with Gasteiger partial charge in [0.05, 0.1) is 23.4 Å². The highest BCUT2D eigenvalue weighted by Crippen LogP contribution is 2.37. The molecule has 0 radical (unpaired) electrons. The van der Waals surface area contributed by atoms with Crippen LogP contribution in [0, 0.1) is 0 Å². The molecule has 1 N–H and O–H groups in total. The average Bonchev–Trinajstić information content (AvgIpc) is 3.35. The Morgan fingerprint density at radius 3 is 2.73 bits per heavy atom. The fourth-order valence-corrected chi connectivity index (χ4v) is 4.29. The van der Waals surface area contributed by atoms with Crippen molar-refractivity contribution in [3.05, 3.63) is 72.8 Å². The average molecular weight is 398 g/mol. The maximum Gasteiger partial charge on any atom is 0.201 e. The molecule has 6 rings (SSSR count). The molecule has 1 aromatic carbocycles. The highest BCUT2D eigenvalue weighted by molar-refractivity contribution is 5.62. The maximum absolute atomic E-state index is 4.61. The second-order valence-electron chi connectivity index (χ2n) is 8.16. The molecule has 0 unspecified atom stereocenters. The lowest BCUT2D eigenvalue weighted by Gasteiger charge is -2.13. The van der Waals surface area contributed by atoms with Crippen LogP contribution in [0.3, 0.4) is 0 Å². The van der Waals surface area contributed by atoms with E-state index in [9.17, 15) is 0 Å². The summed E-state index contributed by atoms with van der Waals surface area (Å²) in [6.07, 6.45) is 15.0. The summed E-state index contributed by atoms with van der Waals surface area (Å²) in [7, 11) is 0. The Morgan fingerprint density at radius 2 is 1.87 bits per heavy atom. The molecular weight excluding hydrogens is 374 g/mol. The van der Waals surface area contributed by atoms with Crippen LogP contribution in [0.5, 0.6) is 0 Å². The van der Waals surface area contributed by atoms with Gasteiger partial charge in [0, 0.05) is 29.4 Å². The lowest BCUT2D eigenvalue weighted by atomic mass is 10.0. The summed E-state index contributed by atoms with van der Waals surface area (Å²) in [6, 6.07) is 13.1. The molecule has 0 saturated heterocycles. The Labute approximate surface area is 175 Å². The predicted octanol–water partition coefficient (Wildman–Crippen LogP) is 3.51. The third-order valence-corrected chi connectivity index (χ3v) is 6.01. The van der Waals surface area contributed by atoms with E-state index < -0.39 is 0 Å². The van der Waals surface area contributed by atoms with Crippen LogP contribution in [0.25, 0.3) is 17.1 Å². The third-order valence-electron chi connectivity index (χ3n) is 6.01. The highest BCUT2D eigenvalue weighted by atomic mass is 15.4. The molecule has 0 atom stereocenters. The summed E-state index contributed by atoms with van der Waals surface area (Å²) in [5.74, 6) is 0.936. The number of aryl methyl sites for hydroxylation is 1. The van der Waals surface area contributed by atoms with Gasteiger partial charge in [0.2, 0.25) is 12.4 Å². The smallest absolute Gasteiger partial charge is 0.201 e. The number of pyridine rings is 1. The standard InChI is InChI=1S/C23H24N7/c1-2-7-22-21(6-1)24-15-29(22)20-10-12-28(13-11-20)27-18-5-3-4-17(14-18)23-26-25-16-30(23)19-8-9-19/h3-5,10-16,19,27H,1-2,6-9H2/q+1. The molecule has 2 aliphatic carbocycles. The van der Waals surface area contributed by atoms with Crippen LogP contribution >= 0.6 is 0 Å². The first kappa shape index (κ1) is 17.4. The van der Waals surface area contributed by atoms with E-state index in [4.69, 9.17) is 0 Å². The summed E-state index contributed by atoms with van der Waals surface area (Å²) in [6.45, 7) is 0. The topological polar surface area (TPSA) is 64.4 Å². The second-order valence-corrected chi connectivity index (χ2v) is 8.16. The van der Waals surface area contributed by atoms with Crippen molar-refractivity contribution in [3.63, 3.8) is 0 Å². The van der Waals surface area contributed by atoms with Crippen LogP contribution in [-0.4, -0.2) is 24.3 Å². The molecule has 1 saturated carbocycles. The van der Waals surface area contributed by atoms with E-state index in [0.717, 1.165) is 35.6 Å². The van der Waals surface area contributed by atoms with Crippen molar-refractivity contribution < 1.29 is 4.68 Å². The number of nitrogens with one attached hydrogen (secondary N) is 1. The highest BCUT2D eigenvalue weighted by Gasteiger charge is 2.26. The van der Waals surface area contributed by atoms with E-state index in [-0.39, 0.29) is 0 Å². The molecule has 30 heavy (non-hydrogen) atoms. The van der Waals surface area contributed by atoms with Crippen LogP contribution < -0.4 is 10.1 Å². The number of benzene rings is 1. The normalized spacial score (nSPS) is 15.7. The first-order chi connectivity index (χ1) is 14.8. The van der Waals surface area contributed by atoms with Gasteiger partial charge in [-0.3, -0.25) is 0 Å². The molecule has 4 aromatic rings. The van der Waals surface area contributed by atoms with Crippen molar-refractivity contribution in [2.24, 2.45) is 0 Å².